The van der Waals surface area contributed by atoms with Crippen molar-refractivity contribution in [2.45, 2.75) is 70.4 Å². The summed E-state index contributed by atoms with van der Waals surface area (Å²) in [6.45, 7) is 6.50. The van der Waals surface area contributed by atoms with Crippen LogP contribution in [0, 0.1) is 11.8 Å². The van der Waals surface area contributed by atoms with Gasteiger partial charge in [-0.05, 0) is 70.3 Å². The molecule has 2 bridgehead atoms. The first kappa shape index (κ1) is 12.9. The molecule has 0 amide bonds. The maximum absolute atomic E-state index is 3.64. The molecule has 0 radical (unpaired) electrons. The summed E-state index contributed by atoms with van der Waals surface area (Å²) in [5.74, 6) is 2.06. The van der Waals surface area contributed by atoms with Crippen LogP contribution in [-0.4, -0.2) is 36.6 Å². The van der Waals surface area contributed by atoms with Crippen LogP contribution in [0.3, 0.4) is 0 Å². The standard InChI is InChI=1S/C16H30N2/c1-13(4-3-9-17-16-7-8-16)18-11-14-5-2-6-15(10-14)12-18/h13-17H,2-12H2,1H3. The van der Waals surface area contributed by atoms with E-state index in [2.05, 4.69) is 17.1 Å². The molecule has 18 heavy (non-hydrogen) atoms. The quantitative estimate of drug-likeness (QED) is 0.729. The monoisotopic (exact) mass is 250 g/mol. The zero-order valence-electron chi connectivity index (χ0n) is 12.0. The zero-order chi connectivity index (χ0) is 12.4. The largest absolute Gasteiger partial charge is 0.314 e. The van der Waals surface area contributed by atoms with E-state index in [0.29, 0.717) is 0 Å². The van der Waals surface area contributed by atoms with Crippen LogP contribution in [0.1, 0.15) is 58.3 Å². The third-order valence-electron chi connectivity index (χ3n) is 5.31. The van der Waals surface area contributed by atoms with E-state index < -0.39 is 0 Å². The van der Waals surface area contributed by atoms with Gasteiger partial charge in [-0.3, -0.25) is 0 Å². The third kappa shape index (κ3) is 3.48. The summed E-state index contributed by atoms with van der Waals surface area (Å²) in [6, 6.07) is 1.70. The number of hydrogen-bond donors (Lipinski definition) is 1. The predicted molar refractivity (Wildman–Crippen MR) is 76.7 cm³/mol. The van der Waals surface area contributed by atoms with Crippen molar-refractivity contribution in [3.8, 4) is 0 Å². The summed E-state index contributed by atoms with van der Waals surface area (Å²) in [6.07, 6.45) is 11.6. The third-order valence-corrected chi connectivity index (χ3v) is 5.31. The van der Waals surface area contributed by atoms with Gasteiger partial charge in [0.05, 0.1) is 0 Å². The van der Waals surface area contributed by atoms with Gasteiger partial charge in [-0.2, -0.15) is 0 Å². The molecule has 2 aliphatic carbocycles. The first-order valence-corrected chi connectivity index (χ1v) is 8.28. The van der Waals surface area contributed by atoms with Crippen LogP contribution in [0.4, 0.5) is 0 Å². The van der Waals surface area contributed by atoms with Gasteiger partial charge in [0.25, 0.3) is 0 Å². The van der Waals surface area contributed by atoms with Crippen molar-refractivity contribution in [3.05, 3.63) is 0 Å². The summed E-state index contributed by atoms with van der Waals surface area (Å²) < 4.78 is 0. The number of likely N-dealkylation sites (tertiary alicyclic amines) is 1. The zero-order valence-corrected chi connectivity index (χ0v) is 12.0. The van der Waals surface area contributed by atoms with Crippen LogP contribution in [0.5, 0.6) is 0 Å². The average molecular weight is 250 g/mol. The Bertz CT molecular complexity index is 250. The Labute approximate surface area is 113 Å². The lowest BCUT2D eigenvalue weighted by atomic mass is 9.77. The highest BCUT2D eigenvalue weighted by atomic mass is 15.2. The topological polar surface area (TPSA) is 15.3 Å². The fourth-order valence-corrected chi connectivity index (χ4v) is 4.01. The van der Waals surface area contributed by atoms with Gasteiger partial charge in [-0.1, -0.05) is 6.42 Å². The number of nitrogens with zero attached hydrogens (tertiary/aromatic N) is 1. The number of hydrogen-bond acceptors (Lipinski definition) is 2. The molecule has 3 unspecified atom stereocenters. The smallest absolute Gasteiger partial charge is 0.00682 e. The van der Waals surface area contributed by atoms with Crippen LogP contribution in [0.2, 0.25) is 0 Å². The summed E-state index contributed by atoms with van der Waals surface area (Å²) in [5, 5.41) is 3.64. The Morgan fingerprint density at radius 1 is 1.11 bits per heavy atom. The fourth-order valence-electron chi connectivity index (χ4n) is 4.01. The van der Waals surface area contributed by atoms with Crippen LogP contribution in [-0.2, 0) is 0 Å². The second-order valence-electron chi connectivity index (χ2n) is 7.07. The Morgan fingerprint density at radius 3 is 2.50 bits per heavy atom. The van der Waals surface area contributed by atoms with Crippen molar-refractivity contribution in [2.24, 2.45) is 11.8 Å². The molecule has 104 valence electrons. The van der Waals surface area contributed by atoms with Crippen molar-refractivity contribution in [3.63, 3.8) is 0 Å². The lowest BCUT2D eigenvalue weighted by Gasteiger charge is -2.44. The highest BCUT2D eigenvalue weighted by Gasteiger charge is 2.32. The minimum atomic E-state index is 0.814. The second kappa shape index (κ2) is 5.92. The maximum Gasteiger partial charge on any atom is 0.00682 e. The molecule has 0 aromatic rings. The molecule has 0 spiro atoms. The summed E-state index contributed by atoms with van der Waals surface area (Å²) in [5.41, 5.74) is 0. The highest BCUT2D eigenvalue weighted by Crippen LogP contribution is 2.35. The molecule has 2 saturated carbocycles. The number of piperidine rings is 1. The van der Waals surface area contributed by atoms with Gasteiger partial charge < -0.3 is 10.2 Å². The lowest BCUT2D eigenvalue weighted by molar-refractivity contribution is 0.0553. The summed E-state index contributed by atoms with van der Waals surface area (Å²) in [7, 11) is 0. The molecule has 3 rings (SSSR count). The van der Waals surface area contributed by atoms with Crippen molar-refractivity contribution in [1.82, 2.24) is 10.2 Å². The van der Waals surface area contributed by atoms with Crippen molar-refractivity contribution < 1.29 is 0 Å². The Morgan fingerprint density at radius 2 is 1.83 bits per heavy atom. The molecule has 0 aromatic carbocycles. The van der Waals surface area contributed by atoms with Gasteiger partial charge in [-0.15, -0.1) is 0 Å². The summed E-state index contributed by atoms with van der Waals surface area (Å²) >= 11 is 0. The van der Waals surface area contributed by atoms with Crippen LogP contribution in [0.25, 0.3) is 0 Å². The van der Waals surface area contributed by atoms with Gasteiger partial charge >= 0.3 is 0 Å². The maximum atomic E-state index is 3.64. The van der Waals surface area contributed by atoms with E-state index in [1.165, 1.54) is 71.0 Å². The second-order valence-corrected chi connectivity index (χ2v) is 7.07. The Hall–Kier alpha value is -0.0800. The SMILES string of the molecule is CC(CCCNC1CC1)N1CC2CCCC(C2)C1. The highest BCUT2D eigenvalue weighted by molar-refractivity contribution is 4.86. The Balaban J connectivity index is 1.36. The molecule has 2 nitrogen and oxygen atoms in total. The number of nitrogens with one attached hydrogen (secondary N) is 1. The van der Waals surface area contributed by atoms with E-state index in [-0.39, 0.29) is 0 Å². The van der Waals surface area contributed by atoms with Gasteiger partial charge in [0.1, 0.15) is 0 Å². The van der Waals surface area contributed by atoms with Crippen molar-refractivity contribution in [2.75, 3.05) is 19.6 Å². The van der Waals surface area contributed by atoms with E-state index >= 15 is 0 Å². The average Bonchev–Trinajstić information content (AvgIpc) is 3.18. The minimum Gasteiger partial charge on any atom is -0.314 e. The van der Waals surface area contributed by atoms with E-state index in [0.717, 1.165) is 23.9 Å². The summed E-state index contributed by atoms with van der Waals surface area (Å²) in [4.78, 5) is 2.80. The normalized spacial score (nSPS) is 34.5. The fraction of sp³-hybridized carbons (Fsp3) is 1.00. The molecule has 3 aliphatic rings. The molecule has 2 heteroatoms. The van der Waals surface area contributed by atoms with Crippen LogP contribution >= 0.6 is 0 Å². The van der Waals surface area contributed by atoms with E-state index in [9.17, 15) is 0 Å². The van der Waals surface area contributed by atoms with E-state index in [1.807, 2.05) is 0 Å². The molecule has 1 N–H and O–H groups in total. The van der Waals surface area contributed by atoms with E-state index in [1.54, 1.807) is 0 Å². The predicted octanol–water partition coefficient (Wildman–Crippen LogP) is 3.03. The first-order chi connectivity index (χ1) is 8.81. The molecule has 1 saturated heterocycles. The van der Waals surface area contributed by atoms with Crippen LogP contribution in [0.15, 0.2) is 0 Å². The Kier molecular flexibility index (Phi) is 4.25. The number of fused-ring (bicyclic) bond motifs is 2. The number of rotatable bonds is 6. The molecule has 1 heterocycles. The molecule has 0 aromatic heterocycles. The molecule has 3 fully saturated rings. The molecular formula is C16H30N2. The van der Waals surface area contributed by atoms with Gasteiger partial charge in [0, 0.05) is 25.2 Å². The lowest BCUT2D eigenvalue weighted by Crippen LogP contribution is -2.46. The first-order valence-electron chi connectivity index (χ1n) is 8.28. The van der Waals surface area contributed by atoms with Crippen molar-refractivity contribution in [1.29, 1.82) is 0 Å². The van der Waals surface area contributed by atoms with Crippen LogP contribution < -0.4 is 5.32 Å². The molecule has 3 atom stereocenters. The van der Waals surface area contributed by atoms with Gasteiger partial charge in [0.15, 0.2) is 0 Å². The van der Waals surface area contributed by atoms with E-state index in [4.69, 9.17) is 0 Å². The minimum absolute atomic E-state index is 0.814. The molecular weight excluding hydrogens is 220 g/mol. The molecule has 1 aliphatic heterocycles. The van der Waals surface area contributed by atoms with Crippen molar-refractivity contribution >= 4 is 0 Å². The van der Waals surface area contributed by atoms with Gasteiger partial charge in [-0.25, -0.2) is 0 Å². The van der Waals surface area contributed by atoms with Gasteiger partial charge in [0.2, 0.25) is 0 Å².